The Balaban J connectivity index is 2.40. The Kier molecular flexibility index (Phi) is 4.06. The first-order chi connectivity index (χ1) is 9.07. The van der Waals surface area contributed by atoms with Crippen LogP contribution in [0.3, 0.4) is 0 Å². The van der Waals surface area contributed by atoms with Gasteiger partial charge in [0.25, 0.3) is 0 Å². The number of hydrogen-bond donors (Lipinski definition) is 1. The minimum absolute atomic E-state index is 0.661. The first kappa shape index (κ1) is 13.8. The molecule has 0 fully saturated rings. The van der Waals surface area contributed by atoms with Crippen LogP contribution in [0.4, 0.5) is 0 Å². The van der Waals surface area contributed by atoms with Gasteiger partial charge in [-0.25, -0.2) is 0 Å². The summed E-state index contributed by atoms with van der Waals surface area (Å²) in [6.07, 6.45) is 1.38. The number of aliphatic hydroxyl groups is 1. The number of rotatable bonds is 4. The SMILES string of the molecule is CCC(O)(Cc1ccccc1)c1cccc(C)c1C. The van der Waals surface area contributed by atoms with Crippen molar-refractivity contribution in [1.29, 1.82) is 0 Å². The molecule has 1 N–H and O–H groups in total. The van der Waals surface area contributed by atoms with Crippen molar-refractivity contribution in [3.8, 4) is 0 Å². The Morgan fingerprint density at radius 1 is 0.947 bits per heavy atom. The maximum absolute atomic E-state index is 11.1. The summed E-state index contributed by atoms with van der Waals surface area (Å²) < 4.78 is 0. The normalized spacial score (nSPS) is 14.1. The van der Waals surface area contributed by atoms with E-state index in [0.29, 0.717) is 12.8 Å². The molecule has 1 nitrogen and oxygen atoms in total. The van der Waals surface area contributed by atoms with E-state index in [1.165, 1.54) is 16.7 Å². The lowest BCUT2D eigenvalue weighted by molar-refractivity contribution is 0.0320. The molecule has 2 aromatic rings. The summed E-state index contributed by atoms with van der Waals surface area (Å²) in [5.41, 5.74) is 3.88. The van der Waals surface area contributed by atoms with Crippen LogP contribution in [-0.4, -0.2) is 5.11 Å². The summed E-state index contributed by atoms with van der Waals surface area (Å²) >= 11 is 0. The average Bonchev–Trinajstić information content (AvgIpc) is 2.43. The molecule has 0 heterocycles. The Labute approximate surface area is 115 Å². The van der Waals surface area contributed by atoms with Crippen molar-refractivity contribution in [2.24, 2.45) is 0 Å². The van der Waals surface area contributed by atoms with Crippen molar-refractivity contribution in [3.63, 3.8) is 0 Å². The second-order valence-corrected chi connectivity index (χ2v) is 5.29. The van der Waals surface area contributed by atoms with E-state index in [0.717, 1.165) is 5.56 Å². The van der Waals surface area contributed by atoms with Crippen molar-refractivity contribution in [3.05, 3.63) is 70.8 Å². The standard InChI is InChI=1S/C18H22O/c1-4-18(19,13-16-10-6-5-7-11-16)17-12-8-9-14(2)15(17)3/h5-12,19H,4,13H2,1-3H3. The van der Waals surface area contributed by atoms with Gasteiger partial charge in [0.15, 0.2) is 0 Å². The van der Waals surface area contributed by atoms with Crippen LogP contribution in [0.15, 0.2) is 48.5 Å². The van der Waals surface area contributed by atoms with Crippen LogP contribution in [0, 0.1) is 13.8 Å². The third kappa shape index (κ3) is 2.87. The predicted molar refractivity (Wildman–Crippen MR) is 80.2 cm³/mol. The minimum Gasteiger partial charge on any atom is -0.385 e. The molecule has 100 valence electrons. The molecule has 0 bridgehead atoms. The highest BCUT2D eigenvalue weighted by molar-refractivity contribution is 5.38. The molecule has 0 aliphatic carbocycles. The monoisotopic (exact) mass is 254 g/mol. The predicted octanol–water partition coefficient (Wildman–Crippen LogP) is 4.14. The molecule has 2 aromatic carbocycles. The average molecular weight is 254 g/mol. The molecular formula is C18H22O. The van der Waals surface area contributed by atoms with Gasteiger partial charge >= 0.3 is 0 Å². The second-order valence-electron chi connectivity index (χ2n) is 5.29. The summed E-state index contributed by atoms with van der Waals surface area (Å²) in [4.78, 5) is 0. The highest BCUT2D eigenvalue weighted by atomic mass is 16.3. The molecule has 0 radical (unpaired) electrons. The fourth-order valence-electron chi connectivity index (χ4n) is 2.60. The highest BCUT2D eigenvalue weighted by Gasteiger charge is 2.29. The molecule has 2 rings (SSSR count). The molecule has 0 aromatic heterocycles. The lowest BCUT2D eigenvalue weighted by atomic mass is 9.82. The van der Waals surface area contributed by atoms with Crippen LogP contribution >= 0.6 is 0 Å². The van der Waals surface area contributed by atoms with Crippen molar-refractivity contribution >= 4 is 0 Å². The Bertz CT molecular complexity index is 545. The number of benzene rings is 2. The van der Waals surface area contributed by atoms with Crippen molar-refractivity contribution in [2.75, 3.05) is 0 Å². The van der Waals surface area contributed by atoms with Gasteiger partial charge in [-0.3, -0.25) is 0 Å². The van der Waals surface area contributed by atoms with Crippen LogP contribution in [0.25, 0.3) is 0 Å². The van der Waals surface area contributed by atoms with Gasteiger partial charge in [0.1, 0.15) is 0 Å². The number of aryl methyl sites for hydroxylation is 1. The lowest BCUT2D eigenvalue weighted by Gasteiger charge is -2.30. The molecule has 0 saturated carbocycles. The quantitative estimate of drug-likeness (QED) is 0.869. The summed E-state index contributed by atoms with van der Waals surface area (Å²) in [5.74, 6) is 0. The van der Waals surface area contributed by atoms with E-state index in [2.05, 4.69) is 38.1 Å². The lowest BCUT2D eigenvalue weighted by Crippen LogP contribution is -2.29. The van der Waals surface area contributed by atoms with Crippen LogP contribution < -0.4 is 0 Å². The highest BCUT2D eigenvalue weighted by Crippen LogP contribution is 2.32. The first-order valence-electron chi connectivity index (χ1n) is 6.90. The van der Waals surface area contributed by atoms with E-state index < -0.39 is 5.60 Å². The van der Waals surface area contributed by atoms with Crippen LogP contribution in [-0.2, 0) is 12.0 Å². The van der Waals surface area contributed by atoms with E-state index in [1.54, 1.807) is 0 Å². The first-order valence-corrected chi connectivity index (χ1v) is 6.90. The zero-order valence-electron chi connectivity index (χ0n) is 12.0. The largest absolute Gasteiger partial charge is 0.385 e. The van der Waals surface area contributed by atoms with E-state index in [9.17, 15) is 5.11 Å². The van der Waals surface area contributed by atoms with E-state index in [4.69, 9.17) is 0 Å². The maximum atomic E-state index is 11.1. The third-order valence-electron chi connectivity index (χ3n) is 4.03. The Morgan fingerprint density at radius 2 is 1.63 bits per heavy atom. The van der Waals surface area contributed by atoms with E-state index >= 15 is 0 Å². The zero-order chi connectivity index (χ0) is 13.9. The van der Waals surface area contributed by atoms with Crippen molar-refractivity contribution < 1.29 is 5.11 Å². The van der Waals surface area contributed by atoms with Gasteiger partial charge in [-0.15, -0.1) is 0 Å². The second kappa shape index (κ2) is 5.58. The smallest absolute Gasteiger partial charge is 0.0936 e. The summed E-state index contributed by atoms with van der Waals surface area (Å²) in [6.45, 7) is 6.23. The van der Waals surface area contributed by atoms with Crippen LogP contribution in [0.2, 0.25) is 0 Å². The molecule has 1 unspecified atom stereocenters. The maximum Gasteiger partial charge on any atom is 0.0936 e. The molecule has 0 aliphatic heterocycles. The van der Waals surface area contributed by atoms with Gasteiger partial charge in [-0.1, -0.05) is 55.5 Å². The minimum atomic E-state index is -0.780. The van der Waals surface area contributed by atoms with Crippen molar-refractivity contribution in [1.82, 2.24) is 0 Å². The van der Waals surface area contributed by atoms with E-state index in [-0.39, 0.29) is 0 Å². The number of hydrogen-bond acceptors (Lipinski definition) is 1. The summed E-state index contributed by atoms with van der Waals surface area (Å²) in [6, 6.07) is 16.4. The van der Waals surface area contributed by atoms with Crippen LogP contribution in [0.1, 0.15) is 35.6 Å². The molecule has 0 spiro atoms. The molecule has 0 amide bonds. The summed E-state index contributed by atoms with van der Waals surface area (Å²) in [7, 11) is 0. The molecule has 0 saturated heterocycles. The van der Waals surface area contributed by atoms with Gasteiger partial charge in [-0.05, 0) is 42.5 Å². The van der Waals surface area contributed by atoms with Crippen LogP contribution in [0.5, 0.6) is 0 Å². The zero-order valence-corrected chi connectivity index (χ0v) is 12.0. The Hall–Kier alpha value is -1.60. The molecule has 0 aliphatic rings. The van der Waals surface area contributed by atoms with E-state index in [1.807, 2.05) is 31.2 Å². The van der Waals surface area contributed by atoms with Gasteiger partial charge in [0.2, 0.25) is 0 Å². The molecule has 1 atom stereocenters. The fourth-order valence-corrected chi connectivity index (χ4v) is 2.60. The summed E-state index contributed by atoms with van der Waals surface area (Å²) in [5, 5.41) is 11.1. The van der Waals surface area contributed by atoms with Gasteiger partial charge < -0.3 is 5.11 Å². The van der Waals surface area contributed by atoms with Gasteiger partial charge in [-0.2, -0.15) is 0 Å². The molecule has 1 heteroatoms. The fraction of sp³-hybridized carbons (Fsp3) is 0.333. The van der Waals surface area contributed by atoms with Gasteiger partial charge in [0.05, 0.1) is 5.60 Å². The van der Waals surface area contributed by atoms with Crippen molar-refractivity contribution in [2.45, 2.75) is 39.2 Å². The molecular weight excluding hydrogens is 232 g/mol. The Morgan fingerprint density at radius 3 is 2.26 bits per heavy atom. The van der Waals surface area contributed by atoms with Gasteiger partial charge in [0, 0.05) is 6.42 Å². The third-order valence-corrected chi connectivity index (χ3v) is 4.03. The topological polar surface area (TPSA) is 20.2 Å². The molecule has 19 heavy (non-hydrogen) atoms.